The molecule has 2 aromatic carbocycles. The van der Waals surface area contributed by atoms with Gasteiger partial charge in [0.15, 0.2) is 5.78 Å². The van der Waals surface area contributed by atoms with Gasteiger partial charge in [-0.25, -0.2) is 0 Å². The maximum absolute atomic E-state index is 11.5. The van der Waals surface area contributed by atoms with Gasteiger partial charge in [0, 0.05) is 33.5 Å². The van der Waals surface area contributed by atoms with Crippen molar-refractivity contribution < 1.29 is 4.79 Å². The van der Waals surface area contributed by atoms with Crippen LogP contribution in [0.15, 0.2) is 54.7 Å². The summed E-state index contributed by atoms with van der Waals surface area (Å²) in [6, 6.07) is 14.9. The summed E-state index contributed by atoms with van der Waals surface area (Å²) in [5.41, 5.74) is 3.31. The smallest absolute Gasteiger partial charge is 0.159 e. The molecule has 0 saturated carbocycles. The SMILES string of the molecule is CC(=O)c1cccc(Nc2ccnc3ccc(Cl)cc23)c1. The number of carbonyl (C=O) groups is 1. The standard InChI is InChI=1S/C17H13ClN2O/c1-11(21)12-3-2-4-14(9-12)20-17-7-8-19-16-6-5-13(18)10-15(16)17/h2-10H,1H3,(H,19,20). The summed E-state index contributed by atoms with van der Waals surface area (Å²) in [6.07, 6.45) is 1.74. The Morgan fingerprint density at radius 2 is 2.00 bits per heavy atom. The molecular weight excluding hydrogens is 284 g/mol. The van der Waals surface area contributed by atoms with Gasteiger partial charge < -0.3 is 5.32 Å². The predicted molar refractivity (Wildman–Crippen MR) is 86.5 cm³/mol. The quantitative estimate of drug-likeness (QED) is 0.704. The number of halogens is 1. The van der Waals surface area contributed by atoms with Crippen molar-refractivity contribution in [2.45, 2.75) is 6.92 Å². The minimum Gasteiger partial charge on any atom is -0.355 e. The van der Waals surface area contributed by atoms with Crippen LogP contribution in [0, 0.1) is 0 Å². The molecular formula is C17H13ClN2O. The molecule has 0 aliphatic heterocycles. The summed E-state index contributed by atoms with van der Waals surface area (Å²) in [5.74, 6) is 0.0429. The summed E-state index contributed by atoms with van der Waals surface area (Å²) in [4.78, 5) is 15.8. The third-order valence-electron chi connectivity index (χ3n) is 3.25. The molecule has 3 aromatic rings. The van der Waals surface area contributed by atoms with E-state index in [0.29, 0.717) is 10.6 Å². The van der Waals surface area contributed by atoms with E-state index in [1.165, 1.54) is 0 Å². The molecule has 0 amide bonds. The number of nitrogens with one attached hydrogen (secondary N) is 1. The van der Waals surface area contributed by atoms with Crippen LogP contribution < -0.4 is 5.32 Å². The van der Waals surface area contributed by atoms with Crippen molar-refractivity contribution in [2.75, 3.05) is 5.32 Å². The van der Waals surface area contributed by atoms with Crippen LogP contribution >= 0.6 is 11.6 Å². The van der Waals surface area contributed by atoms with E-state index in [9.17, 15) is 4.79 Å². The van der Waals surface area contributed by atoms with Crippen molar-refractivity contribution in [3.63, 3.8) is 0 Å². The molecule has 0 bridgehead atoms. The van der Waals surface area contributed by atoms with Crippen LogP contribution in [0.1, 0.15) is 17.3 Å². The normalized spacial score (nSPS) is 10.6. The van der Waals surface area contributed by atoms with Gasteiger partial charge in [-0.1, -0.05) is 23.7 Å². The number of nitrogens with zero attached hydrogens (tertiary/aromatic N) is 1. The van der Waals surface area contributed by atoms with E-state index in [1.807, 2.05) is 42.5 Å². The third kappa shape index (κ3) is 2.88. The Morgan fingerprint density at radius 3 is 2.81 bits per heavy atom. The highest BCUT2D eigenvalue weighted by atomic mass is 35.5. The topological polar surface area (TPSA) is 42.0 Å². The molecule has 21 heavy (non-hydrogen) atoms. The second-order valence-corrected chi connectivity index (χ2v) is 5.22. The summed E-state index contributed by atoms with van der Waals surface area (Å²) < 4.78 is 0. The number of pyridine rings is 1. The zero-order valence-corrected chi connectivity index (χ0v) is 12.2. The number of fused-ring (bicyclic) bond motifs is 1. The van der Waals surface area contributed by atoms with Crippen LogP contribution in [0.5, 0.6) is 0 Å². The molecule has 0 aliphatic carbocycles. The van der Waals surface area contributed by atoms with Gasteiger partial charge in [0.2, 0.25) is 0 Å². The number of ketones is 1. The molecule has 3 nitrogen and oxygen atoms in total. The van der Waals surface area contributed by atoms with Gasteiger partial charge in [-0.2, -0.15) is 0 Å². The van der Waals surface area contributed by atoms with Crippen molar-refractivity contribution in [1.29, 1.82) is 0 Å². The Bertz CT molecular complexity index is 830. The van der Waals surface area contributed by atoms with Crippen LogP contribution in [-0.4, -0.2) is 10.8 Å². The minimum atomic E-state index is 0.0429. The van der Waals surface area contributed by atoms with E-state index >= 15 is 0 Å². The predicted octanol–water partition coefficient (Wildman–Crippen LogP) is 4.83. The molecule has 1 N–H and O–H groups in total. The minimum absolute atomic E-state index is 0.0429. The average Bonchev–Trinajstić information content (AvgIpc) is 2.48. The highest BCUT2D eigenvalue weighted by Crippen LogP contribution is 2.27. The van der Waals surface area contributed by atoms with Gasteiger partial charge in [-0.15, -0.1) is 0 Å². The molecule has 3 rings (SSSR count). The number of rotatable bonds is 3. The Labute approximate surface area is 127 Å². The highest BCUT2D eigenvalue weighted by molar-refractivity contribution is 6.31. The first-order valence-corrected chi connectivity index (χ1v) is 6.93. The first kappa shape index (κ1) is 13.6. The third-order valence-corrected chi connectivity index (χ3v) is 3.49. The van der Waals surface area contributed by atoms with Gasteiger partial charge in [-0.05, 0) is 43.3 Å². The number of aromatic nitrogens is 1. The Hall–Kier alpha value is -2.39. The van der Waals surface area contributed by atoms with Crippen LogP contribution in [0.2, 0.25) is 5.02 Å². The lowest BCUT2D eigenvalue weighted by molar-refractivity contribution is 0.101. The van der Waals surface area contributed by atoms with E-state index in [2.05, 4.69) is 10.3 Å². The van der Waals surface area contributed by atoms with Gasteiger partial charge in [0.1, 0.15) is 0 Å². The fourth-order valence-electron chi connectivity index (χ4n) is 2.20. The fourth-order valence-corrected chi connectivity index (χ4v) is 2.37. The first-order valence-electron chi connectivity index (χ1n) is 6.56. The van der Waals surface area contributed by atoms with Crippen molar-refractivity contribution >= 4 is 39.7 Å². The molecule has 0 unspecified atom stereocenters. The molecule has 0 atom stereocenters. The lowest BCUT2D eigenvalue weighted by Crippen LogP contribution is -1.96. The number of benzene rings is 2. The van der Waals surface area contributed by atoms with Gasteiger partial charge in [0.25, 0.3) is 0 Å². The molecule has 0 fully saturated rings. The molecule has 104 valence electrons. The largest absolute Gasteiger partial charge is 0.355 e. The van der Waals surface area contributed by atoms with E-state index in [0.717, 1.165) is 22.3 Å². The Morgan fingerprint density at radius 1 is 1.14 bits per heavy atom. The number of anilines is 2. The second-order valence-electron chi connectivity index (χ2n) is 4.78. The number of Topliss-reactive ketones (excluding diaryl/α,β-unsaturated/α-hetero) is 1. The molecule has 0 spiro atoms. The van der Waals surface area contributed by atoms with Crippen LogP contribution in [0.3, 0.4) is 0 Å². The molecule has 1 heterocycles. The van der Waals surface area contributed by atoms with E-state index in [4.69, 9.17) is 11.6 Å². The van der Waals surface area contributed by atoms with Crippen LogP contribution in [0.4, 0.5) is 11.4 Å². The van der Waals surface area contributed by atoms with Gasteiger partial charge in [0.05, 0.1) is 5.52 Å². The van der Waals surface area contributed by atoms with Gasteiger partial charge >= 0.3 is 0 Å². The molecule has 0 radical (unpaired) electrons. The molecule has 0 saturated heterocycles. The van der Waals surface area contributed by atoms with Crippen molar-refractivity contribution in [3.05, 3.63) is 65.3 Å². The summed E-state index contributed by atoms with van der Waals surface area (Å²) in [5, 5.41) is 4.92. The lowest BCUT2D eigenvalue weighted by atomic mass is 10.1. The highest BCUT2D eigenvalue weighted by Gasteiger charge is 2.05. The van der Waals surface area contributed by atoms with Crippen LogP contribution in [-0.2, 0) is 0 Å². The Kier molecular flexibility index (Phi) is 3.59. The lowest BCUT2D eigenvalue weighted by Gasteiger charge is -2.10. The first-order chi connectivity index (χ1) is 10.1. The van der Waals surface area contributed by atoms with Crippen molar-refractivity contribution in [1.82, 2.24) is 4.98 Å². The summed E-state index contributed by atoms with van der Waals surface area (Å²) in [6.45, 7) is 1.56. The van der Waals surface area contributed by atoms with Crippen molar-refractivity contribution in [3.8, 4) is 0 Å². The summed E-state index contributed by atoms with van der Waals surface area (Å²) in [7, 11) is 0. The monoisotopic (exact) mass is 296 g/mol. The summed E-state index contributed by atoms with van der Waals surface area (Å²) >= 11 is 6.06. The maximum atomic E-state index is 11.5. The maximum Gasteiger partial charge on any atom is 0.159 e. The van der Waals surface area contributed by atoms with E-state index < -0.39 is 0 Å². The molecule has 1 aromatic heterocycles. The van der Waals surface area contributed by atoms with Crippen LogP contribution in [0.25, 0.3) is 10.9 Å². The van der Waals surface area contributed by atoms with E-state index in [1.54, 1.807) is 19.2 Å². The van der Waals surface area contributed by atoms with Crippen molar-refractivity contribution in [2.24, 2.45) is 0 Å². The Balaban J connectivity index is 2.04. The fraction of sp³-hybridized carbons (Fsp3) is 0.0588. The zero-order valence-electron chi connectivity index (χ0n) is 11.4. The number of hydrogen-bond acceptors (Lipinski definition) is 3. The number of carbonyl (C=O) groups excluding carboxylic acids is 1. The van der Waals surface area contributed by atoms with E-state index in [-0.39, 0.29) is 5.78 Å². The average molecular weight is 297 g/mol. The molecule has 0 aliphatic rings. The molecule has 4 heteroatoms. The second kappa shape index (κ2) is 5.54. The van der Waals surface area contributed by atoms with Gasteiger partial charge in [-0.3, -0.25) is 9.78 Å². The zero-order chi connectivity index (χ0) is 14.8. The number of hydrogen-bond donors (Lipinski definition) is 1.